The van der Waals surface area contributed by atoms with Crippen molar-refractivity contribution < 1.29 is 14.2 Å². The average molecular weight is 242 g/mol. The van der Waals surface area contributed by atoms with Crippen LogP contribution in [0.2, 0.25) is 0 Å². The number of hydrogen-bond acceptors (Lipinski definition) is 3. The van der Waals surface area contributed by atoms with Gasteiger partial charge in [0.15, 0.2) is 0 Å². The van der Waals surface area contributed by atoms with Crippen LogP contribution in [-0.4, -0.2) is 26.4 Å². The van der Waals surface area contributed by atoms with Crippen molar-refractivity contribution >= 4 is 0 Å². The summed E-state index contributed by atoms with van der Waals surface area (Å²) in [7, 11) is 0. The van der Waals surface area contributed by atoms with Crippen LogP contribution in [0, 0.1) is 0 Å². The maximum absolute atomic E-state index is 5.32. The van der Waals surface area contributed by atoms with Gasteiger partial charge in [-0.2, -0.15) is 0 Å². The van der Waals surface area contributed by atoms with Gasteiger partial charge in [-0.05, 0) is 37.8 Å². The molecule has 0 unspecified atom stereocenters. The predicted molar refractivity (Wildman–Crippen MR) is 70.8 cm³/mol. The topological polar surface area (TPSA) is 27.7 Å². The molecule has 0 aromatic heterocycles. The maximum atomic E-state index is 5.32. The molecule has 0 aromatic carbocycles. The highest BCUT2D eigenvalue weighted by molar-refractivity contribution is 4.79. The summed E-state index contributed by atoms with van der Waals surface area (Å²) in [5, 5.41) is 0. The molecule has 0 aliphatic carbocycles. The Labute approximate surface area is 105 Å². The molecule has 0 aromatic rings. The lowest BCUT2D eigenvalue weighted by Crippen LogP contribution is -1.93. The van der Waals surface area contributed by atoms with Crippen LogP contribution in [0.5, 0.6) is 0 Å². The minimum Gasteiger partial charge on any atom is -0.473 e. The molecule has 0 N–H and O–H groups in total. The highest BCUT2D eigenvalue weighted by Crippen LogP contribution is 1.91. The molecule has 0 aliphatic rings. The molecule has 0 aliphatic heterocycles. The monoisotopic (exact) mass is 242 g/mol. The van der Waals surface area contributed by atoms with E-state index in [1.165, 1.54) is 0 Å². The molecule has 0 atom stereocenters. The zero-order valence-corrected chi connectivity index (χ0v) is 11.2. The van der Waals surface area contributed by atoms with Crippen molar-refractivity contribution in [2.75, 3.05) is 26.4 Å². The fraction of sp³-hybridized carbons (Fsp3) is 0.714. The molecular formula is C14H26O3. The maximum Gasteiger partial charge on any atom is 0.0862 e. The smallest absolute Gasteiger partial charge is 0.0862 e. The van der Waals surface area contributed by atoms with Gasteiger partial charge in [-0.25, -0.2) is 0 Å². The lowest BCUT2D eigenvalue weighted by molar-refractivity contribution is 0.138. The second-order valence-corrected chi connectivity index (χ2v) is 3.68. The van der Waals surface area contributed by atoms with Crippen LogP contribution in [0.4, 0.5) is 0 Å². The van der Waals surface area contributed by atoms with Gasteiger partial charge in [0.25, 0.3) is 0 Å². The Hall–Kier alpha value is -0.800. The van der Waals surface area contributed by atoms with Gasteiger partial charge < -0.3 is 14.2 Å². The SMILES string of the molecule is CCCOCCC=COC=CCCOCCC. The van der Waals surface area contributed by atoms with E-state index in [1.807, 2.05) is 12.2 Å². The zero-order chi connectivity index (χ0) is 12.6. The lowest BCUT2D eigenvalue weighted by Gasteiger charge is -1.98. The number of rotatable bonds is 12. The van der Waals surface area contributed by atoms with E-state index in [0.29, 0.717) is 0 Å². The Morgan fingerprint density at radius 2 is 1.18 bits per heavy atom. The summed E-state index contributed by atoms with van der Waals surface area (Å²) in [5.74, 6) is 0. The average Bonchev–Trinajstić information content (AvgIpc) is 2.35. The van der Waals surface area contributed by atoms with Gasteiger partial charge in [-0.1, -0.05) is 13.8 Å². The second-order valence-electron chi connectivity index (χ2n) is 3.68. The summed E-state index contributed by atoms with van der Waals surface area (Å²) in [6.07, 6.45) is 11.3. The largest absolute Gasteiger partial charge is 0.473 e. The Balaban J connectivity index is 3.14. The summed E-state index contributed by atoms with van der Waals surface area (Å²) < 4.78 is 15.8. The zero-order valence-electron chi connectivity index (χ0n) is 11.2. The highest BCUT2D eigenvalue weighted by atomic mass is 16.5. The van der Waals surface area contributed by atoms with E-state index in [-0.39, 0.29) is 0 Å². The first-order valence-corrected chi connectivity index (χ1v) is 6.52. The van der Waals surface area contributed by atoms with E-state index in [9.17, 15) is 0 Å². The van der Waals surface area contributed by atoms with Crippen molar-refractivity contribution in [3.63, 3.8) is 0 Å². The quantitative estimate of drug-likeness (QED) is 0.386. The molecule has 17 heavy (non-hydrogen) atoms. The van der Waals surface area contributed by atoms with Gasteiger partial charge >= 0.3 is 0 Å². The van der Waals surface area contributed by atoms with Gasteiger partial charge in [0, 0.05) is 13.2 Å². The van der Waals surface area contributed by atoms with E-state index in [2.05, 4.69) is 13.8 Å². The first-order valence-electron chi connectivity index (χ1n) is 6.52. The van der Waals surface area contributed by atoms with Crippen LogP contribution in [0.3, 0.4) is 0 Å². The van der Waals surface area contributed by atoms with E-state index >= 15 is 0 Å². The van der Waals surface area contributed by atoms with Crippen LogP contribution in [0.1, 0.15) is 39.5 Å². The van der Waals surface area contributed by atoms with Gasteiger partial charge in [0.1, 0.15) is 0 Å². The van der Waals surface area contributed by atoms with Crippen LogP contribution in [0.25, 0.3) is 0 Å². The van der Waals surface area contributed by atoms with Crippen molar-refractivity contribution in [2.45, 2.75) is 39.5 Å². The van der Waals surface area contributed by atoms with Gasteiger partial charge in [0.2, 0.25) is 0 Å². The molecule has 3 heteroatoms. The van der Waals surface area contributed by atoms with E-state index in [1.54, 1.807) is 12.5 Å². The second kappa shape index (κ2) is 15.2. The Bertz CT molecular complexity index is 168. The van der Waals surface area contributed by atoms with Gasteiger partial charge in [-0.3, -0.25) is 0 Å². The molecule has 0 rings (SSSR count). The Morgan fingerprint density at radius 1 is 0.706 bits per heavy atom. The molecule has 0 saturated carbocycles. The third-order valence-corrected chi connectivity index (χ3v) is 1.90. The number of ether oxygens (including phenoxy) is 3. The molecule has 0 fully saturated rings. The van der Waals surface area contributed by atoms with Crippen LogP contribution in [0.15, 0.2) is 24.7 Å². The minimum atomic E-state index is 0.766. The third kappa shape index (κ3) is 15.2. The van der Waals surface area contributed by atoms with Gasteiger partial charge in [-0.15, -0.1) is 0 Å². The Morgan fingerprint density at radius 3 is 1.59 bits per heavy atom. The van der Waals surface area contributed by atoms with E-state index in [4.69, 9.17) is 14.2 Å². The molecule has 0 amide bonds. The standard InChI is InChI=1S/C14H26O3/c1-3-9-15-11-5-7-13-17-14-8-6-12-16-10-4-2/h7-8,13-14H,3-6,9-12H2,1-2H3. The van der Waals surface area contributed by atoms with E-state index < -0.39 is 0 Å². The minimum absolute atomic E-state index is 0.766. The summed E-state index contributed by atoms with van der Waals surface area (Å²) >= 11 is 0. The molecule has 100 valence electrons. The fourth-order valence-electron chi connectivity index (χ4n) is 1.09. The van der Waals surface area contributed by atoms with Crippen molar-refractivity contribution in [3.05, 3.63) is 24.7 Å². The first kappa shape index (κ1) is 16.2. The van der Waals surface area contributed by atoms with Crippen molar-refractivity contribution in [3.8, 4) is 0 Å². The Kier molecular flexibility index (Phi) is 14.5. The molecule has 0 heterocycles. The molecule has 3 nitrogen and oxygen atoms in total. The summed E-state index contributed by atoms with van der Waals surface area (Å²) in [5.41, 5.74) is 0. The van der Waals surface area contributed by atoms with Crippen molar-refractivity contribution in [2.24, 2.45) is 0 Å². The van der Waals surface area contributed by atoms with Crippen LogP contribution < -0.4 is 0 Å². The molecule has 0 spiro atoms. The molecule has 0 saturated heterocycles. The predicted octanol–water partition coefficient (Wildman–Crippen LogP) is 3.66. The fourth-order valence-corrected chi connectivity index (χ4v) is 1.09. The number of hydrogen-bond donors (Lipinski definition) is 0. The first-order chi connectivity index (χ1) is 8.41. The van der Waals surface area contributed by atoms with Crippen LogP contribution in [-0.2, 0) is 14.2 Å². The lowest BCUT2D eigenvalue weighted by atomic mass is 10.4. The van der Waals surface area contributed by atoms with Crippen molar-refractivity contribution in [1.29, 1.82) is 0 Å². The summed E-state index contributed by atoms with van der Waals surface area (Å²) in [4.78, 5) is 0. The van der Waals surface area contributed by atoms with Gasteiger partial charge in [0.05, 0.1) is 25.7 Å². The summed E-state index contributed by atoms with van der Waals surface area (Å²) in [6.45, 7) is 7.42. The van der Waals surface area contributed by atoms with Crippen molar-refractivity contribution in [1.82, 2.24) is 0 Å². The molecule has 0 bridgehead atoms. The molecule has 0 radical (unpaired) electrons. The summed E-state index contributed by atoms with van der Waals surface area (Å²) in [6, 6.07) is 0. The van der Waals surface area contributed by atoms with E-state index in [0.717, 1.165) is 52.1 Å². The van der Waals surface area contributed by atoms with Crippen LogP contribution >= 0.6 is 0 Å². The highest BCUT2D eigenvalue weighted by Gasteiger charge is 1.83. The molecular weight excluding hydrogens is 216 g/mol. The third-order valence-electron chi connectivity index (χ3n) is 1.90. The normalized spacial score (nSPS) is 11.6.